The van der Waals surface area contributed by atoms with Crippen LogP contribution in [0.1, 0.15) is 59.3 Å². The molecule has 0 aliphatic carbocycles. The van der Waals surface area contributed by atoms with E-state index in [0.717, 1.165) is 32.4 Å². The minimum atomic E-state index is 0.00550. The standard InChI is InChI=1S/C16H33N3O2/c1-4-5-11-18-15(20)9-7-12-19-16(21)13-17-10-6-8-14(2)3/h14,17H,4-13H2,1-3H3,(H,18,20)(H,19,21). The summed E-state index contributed by atoms with van der Waals surface area (Å²) in [4.78, 5) is 22.9. The van der Waals surface area contributed by atoms with Gasteiger partial charge in [0, 0.05) is 19.5 Å². The van der Waals surface area contributed by atoms with Crippen molar-refractivity contribution in [3.8, 4) is 0 Å². The van der Waals surface area contributed by atoms with Crippen LogP contribution in [0.3, 0.4) is 0 Å². The first-order chi connectivity index (χ1) is 10.1. The van der Waals surface area contributed by atoms with Crippen LogP contribution in [0.15, 0.2) is 0 Å². The van der Waals surface area contributed by atoms with E-state index in [2.05, 4.69) is 36.7 Å². The van der Waals surface area contributed by atoms with E-state index in [9.17, 15) is 9.59 Å². The summed E-state index contributed by atoms with van der Waals surface area (Å²) in [5.41, 5.74) is 0. The highest BCUT2D eigenvalue weighted by Gasteiger charge is 2.02. The van der Waals surface area contributed by atoms with Gasteiger partial charge in [-0.05, 0) is 38.1 Å². The molecule has 5 nitrogen and oxygen atoms in total. The van der Waals surface area contributed by atoms with E-state index in [-0.39, 0.29) is 11.8 Å². The van der Waals surface area contributed by atoms with Crippen LogP contribution in [0.4, 0.5) is 0 Å². The minimum absolute atomic E-state index is 0.00550. The first-order valence-corrected chi connectivity index (χ1v) is 8.30. The summed E-state index contributed by atoms with van der Waals surface area (Å²) in [6, 6.07) is 0. The molecule has 0 unspecified atom stereocenters. The van der Waals surface area contributed by atoms with Crippen LogP contribution in [-0.4, -0.2) is 38.0 Å². The molecule has 0 aromatic rings. The van der Waals surface area contributed by atoms with Crippen LogP contribution >= 0.6 is 0 Å². The highest BCUT2D eigenvalue weighted by atomic mass is 16.2. The molecule has 0 aliphatic heterocycles. The van der Waals surface area contributed by atoms with Crippen LogP contribution in [0.2, 0.25) is 0 Å². The van der Waals surface area contributed by atoms with Gasteiger partial charge in [-0.1, -0.05) is 27.2 Å². The highest BCUT2D eigenvalue weighted by Crippen LogP contribution is 2.01. The molecular weight excluding hydrogens is 266 g/mol. The second kappa shape index (κ2) is 13.9. The summed E-state index contributed by atoms with van der Waals surface area (Å²) in [5, 5.41) is 8.82. The smallest absolute Gasteiger partial charge is 0.233 e. The highest BCUT2D eigenvalue weighted by molar-refractivity contribution is 5.78. The van der Waals surface area contributed by atoms with Crippen molar-refractivity contribution in [3.63, 3.8) is 0 Å². The van der Waals surface area contributed by atoms with E-state index in [4.69, 9.17) is 0 Å². The van der Waals surface area contributed by atoms with Crippen LogP contribution in [0, 0.1) is 5.92 Å². The number of carbonyl (C=O) groups is 2. The van der Waals surface area contributed by atoms with Gasteiger partial charge in [-0.2, -0.15) is 0 Å². The van der Waals surface area contributed by atoms with Crippen molar-refractivity contribution in [2.75, 3.05) is 26.2 Å². The maximum atomic E-state index is 11.5. The van der Waals surface area contributed by atoms with Crippen molar-refractivity contribution in [2.24, 2.45) is 5.92 Å². The average Bonchev–Trinajstić information content (AvgIpc) is 2.43. The molecule has 0 saturated carbocycles. The largest absolute Gasteiger partial charge is 0.356 e. The van der Waals surface area contributed by atoms with Crippen molar-refractivity contribution in [2.45, 2.75) is 59.3 Å². The van der Waals surface area contributed by atoms with Gasteiger partial charge < -0.3 is 16.0 Å². The van der Waals surface area contributed by atoms with Crippen molar-refractivity contribution in [1.82, 2.24) is 16.0 Å². The van der Waals surface area contributed by atoms with Crippen LogP contribution < -0.4 is 16.0 Å². The molecule has 2 amide bonds. The van der Waals surface area contributed by atoms with E-state index >= 15 is 0 Å². The van der Waals surface area contributed by atoms with E-state index < -0.39 is 0 Å². The van der Waals surface area contributed by atoms with Crippen molar-refractivity contribution in [1.29, 1.82) is 0 Å². The number of nitrogens with one attached hydrogen (secondary N) is 3. The maximum absolute atomic E-state index is 11.5. The number of carbonyl (C=O) groups excluding carboxylic acids is 2. The van der Waals surface area contributed by atoms with Crippen LogP contribution in [0.25, 0.3) is 0 Å². The topological polar surface area (TPSA) is 70.2 Å². The van der Waals surface area contributed by atoms with Gasteiger partial charge in [0.15, 0.2) is 0 Å². The predicted molar refractivity (Wildman–Crippen MR) is 87.1 cm³/mol. The molecule has 0 aromatic heterocycles. The molecule has 3 N–H and O–H groups in total. The molecule has 21 heavy (non-hydrogen) atoms. The SMILES string of the molecule is CCCCNC(=O)CCCNC(=O)CNCCCC(C)C. The molecule has 0 aliphatic rings. The Morgan fingerprint density at radius 2 is 1.57 bits per heavy atom. The summed E-state index contributed by atoms with van der Waals surface area (Å²) in [7, 11) is 0. The molecule has 0 bridgehead atoms. The van der Waals surface area contributed by atoms with Crippen molar-refractivity contribution >= 4 is 11.8 Å². The van der Waals surface area contributed by atoms with Gasteiger partial charge >= 0.3 is 0 Å². The zero-order chi connectivity index (χ0) is 15.9. The third-order valence-electron chi connectivity index (χ3n) is 3.18. The van der Waals surface area contributed by atoms with E-state index in [0.29, 0.717) is 31.8 Å². The molecule has 0 rings (SSSR count). The first kappa shape index (κ1) is 19.9. The van der Waals surface area contributed by atoms with E-state index in [1.807, 2.05) is 0 Å². The Hall–Kier alpha value is -1.10. The summed E-state index contributed by atoms with van der Waals surface area (Å²) in [5.74, 6) is 0.791. The normalized spacial score (nSPS) is 10.7. The second-order valence-corrected chi connectivity index (χ2v) is 5.87. The number of hydrogen-bond acceptors (Lipinski definition) is 3. The van der Waals surface area contributed by atoms with Gasteiger partial charge in [-0.25, -0.2) is 0 Å². The zero-order valence-electron chi connectivity index (χ0n) is 14.0. The Morgan fingerprint density at radius 1 is 0.905 bits per heavy atom. The summed E-state index contributed by atoms with van der Waals surface area (Å²) in [6.07, 6.45) is 5.55. The monoisotopic (exact) mass is 299 g/mol. The summed E-state index contributed by atoms with van der Waals surface area (Å²) < 4.78 is 0. The molecule has 0 radical (unpaired) electrons. The Morgan fingerprint density at radius 3 is 2.24 bits per heavy atom. The fraction of sp³-hybridized carbons (Fsp3) is 0.875. The van der Waals surface area contributed by atoms with Gasteiger partial charge in [0.25, 0.3) is 0 Å². The number of rotatable bonds is 13. The minimum Gasteiger partial charge on any atom is -0.356 e. The van der Waals surface area contributed by atoms with Crippen molar-refractivity contribution < 1.29 is 9.59 Å². The van der Waals surface area contributed by atoms with Gasteiger partial charge in [0.1, 0.15) is 0 Å². The summed E-state index contributed by atoms with van der Waals surface area (Å²) >= 11 is 0. The lowest BCUT2D eigenvalue weighted by Crippen LogP contribution is -2.35. The Balaban J connectivity index is 3.35. The molecule has 0 atom stereocenters. The van der Waals surface area contributed by atoms with E-state index in [1.165, 1.54) is 6.42 Å². The van der Waals surface area contributed by atoms with Gasteiger partial charge in [-0.3, -0.25) is 9.59 Å². The average molecular weight is 299 g/mol. The fourth-order valence-electron chi connectivity index (χ4n) is 1.87. The molecule has 5 heteroatoms. The molecule has 0 heterocycles. The lowest BCUT2D eigenvalue weighted by atomic mass is 10.1. The number of amides is 2. The van der Waals surface area contributed by atoms with Crippen LogP contribution in [0.5, 0.6) is 0 Å². The number of hydrogen-bond donors (Lipinski definition) is 3. The Kier molecular flexibility index (Phi) is 13.1. The predicted octanol–water partition coefficient (Wildman–Crippen LogP) is 1.82. The maximum Gasteiger partial charge on any atom is 0.233 e. The second-order valence-electron chi connectivity index (χ2n) is 5.87. The lowest BCUT2D eigenvalue weighted by molar-refractivity contribution is -0.122. The third kappa shape index (κ3) is 15.1. The number of unbranched alkanes of at least 4 members (excludes halogenated alkanes) is 1. The summed E-state index contributed by atoms with van der Waals surface area (Å²) in [6.45, 7) is 9.05. The molecule has 0 aromatic carbocycles. The quantitative estimate of drug-likeness (QED) is 0.454. The van der Waals surface area contributed by atoms with Gasteiger partial charge in [0.05, 0.1) is 6.54 Å². The Labute approximate surface area is 129 Å². The van der Waals surface area contributed by atoms with Crippen molar-refractivity contribution in [3.05, 3.63) is 0 Å². The van der Waals surface area contributed by atoms with Gasteiger partial charge in [-0.15, -0.1) is 0 Å². The molecule has 0 spiro atoms. The molecular formula is C16H33N3O2. The molecule has 0 fully saturated rings. The zero-order valence-corrected chi connectivity index (χ0v) is 14.0. The van der Waals surface area contributed by atoms with Crippen LogP contribution in [-0.2, 0) is 9.59 Å². The molecule has 124 valence electrons. The first-order valence-electron chi connectivity index (χ1n) is 8.30. The van der Waals surface area contributed by atoms with E-state index in [1.54, 1.807) is 0 Å². The third-order valence-corrected chi connectivity index (χ3v) is 3.18. The Bertz CT molecular complexity index is 281. The lowest BCUT2D eigenvalue weighted by Gasteiger charge is -2.08. The molecule has 0 saturated heterocycles. The van der Waals surface area contributed by atoms with Gasteiger partial charge in [0.2, 0.25) is 11.8 Å². The fourth-order valence-corrected chi connectivity index (χ4v) is 1.87.